The first-order chi connectivity index (χ1) is 18.6. The summed E-state index contributed by atoms with van der Waals surface area (Å²) in [6.45, 7) is 2.61. The van der Waals surface area contributed by atoms with Crippen LogP contribution >= 0.6 is 0 Å². The number of rotatable bonds is 6. The largest absolute Gasteiger partial charge is 0.399 e. The first-order valence-corrected chi connectivity index (χ1v) is 13.3. The molecule has 6 rings (SSSR count). The normalized spacial score (nSPS) is 23.1. The Morgan fingerprint density at radius 2 is 1.74 bits per heavy atom. The zero-order valence-corrected chi connectivity index (χ0v) is 21.3. The number of aromatic amines is 1. The van der Waals surface area contributed by atoms with Gasteiger partial charge in [-0.25, -0.2) is 4.79 Å². The van der Waals surface area contributed by atoms with Gasteiger partial charge < -0.3 is 30.2 Å². The summed E-state index contributed by atoms with van der Waals surface area (Å²) in [5.74, 6) is 0. The monoisotopic (exact) mass is 514 g/mol. The van der Waals surface area contributed by atoms with Crippen LogP contribution in [0.1, 0.15) is 54.4 Å². The average molecular weight is 515 g/mol. The van der Waals surface area contributed by atoms with Crippen LogP contribution in [-0.2, 0) is 16.1 Å². The summed E-state index contributed by atoms with van der Waals surface area (Å²) in [6, 6.07) is 23.7. The number of benzene rings is 3. The maximum Gasteiger partial charge on any atom is 0.326 e. The van der Waals surface area contributed by atoms with Crippen LogP contribution in [0.2, 0.25) is 0 Å². The molecule has 0 saturated carbocycles. The zero-order chi connectivity index (χ0) is 26.1. The average Bonchev–Trinajstić information content (AvgIpc) is 3.29. The molecule has 0 aliphatic carbocycles. The number of nitrogens with one attached hydrogen (secondary N) is 1. The molecular formula is C30H34N4O4. The molecule has 8 heteroatoms. The van der Waals surface area contributed by atoms with Gasteiger partial charge in [-0.3, -0.25) is 4.57 Å². The number of H-pyrrole nitrogens is 1. The van der Waals surface area contributed by atoms with Gasteiger partial charge in [-0.1, -0.05) is 48.5 Å². The fourth-order valence-electron chi connectivity index (χ4n) is 5.82. The smallest absolute Gasteiger partial charge is 0.326 e. The Labute approximate surface area is 221 Å². The Kier molecular flexibility index (Phi) is 7.04. The summed E-state index contributed by atoms with van der Waals surface area (Å²) in [6.07, 6.45) is 1.90. The number of nitrogen functional groups attached to an aromatic ring is 1. The lowest BCUT2D eigenvalue weighted by molar-refractivity contribution is -0.253. The zero-order valence-electron chi connectivity index (χ0n) is 21.3. The van der Waals surface area contributed by atoms with Crippen LogP contribution in [0.15, 0.2) is 77.6 Å². The summed E-state index contributed by atoms with van der Waals surface area (Å²) in [5.41, 5.74) is 11.4. The molecule has 0 spiro atoms. The molecule has 38 heavy (non-hydrogen) atoms. The molecule has 4 aromatic rings. The number of aliphatic hydroxyl groups excluding tert-OH is 1. The number of likely N-dealkylation sites (tertiary alicyclic amines) is 1. The van der Waals surface area contributed by atoms with Crippen LogP contribution in [0, 0.1) is 0 Å². The molecule has 3 atom stereocenters. The number of hydrogen-bond donors (Lipinski definition) is 3. The topological polar surface area (TPSA) is 106 Å². The van der Waals surface area contributed by atoms with Gasteiger partial charge in [0, 0.05) is 43.3 Å². The van der Waals surface area contributed by atoms with E-state index in [9.17, 15) is 9.90 Å². The number of nitrogens with zero attached hydrogens (tertiary/aromatic N) is 2. The third kappa shape index (κ3) is 5.13. The van der Waals surface area contributed by atoms with Crippen molar-refractivity contribution in [2.75, 3.05) is 25.4 Å². The van der Waals surface area contributed by atoms with Gasteiger partial charge in [0.05, 0.1) is 29.8 Å². The molecule has 0 bridgehead atoms. The van der Waals surface area contributed by atoms with Crippen LogP contribution in [-0.4, -0.2) is 45.3 Å². The molecule has 0 amide bonds. The van der Waals surface area contributed by atoms with Gasteiger partial charge in [-0.15, -0.1) is 0 Å². The highest BCUT2D eigenvalue weighted by molar-refractivity contribution is 5.75. The molecule has 1 unspecified atom stereocenters. The van der Waals surface area contributed by atoms with Gasteiger partial charge in [0.2, 0.25) is 0 Å². The van der Waals surface area contributed by atoms with Gasteiger partial charge in [-0.05, 0) is 48.2 Å². The molecule has 2 aliphatic rings. The van der Waals surface area contributed by atoms with Crippen LogP contribution in [0.4, 0.5) is 5.69 Å². The minimum Gasteiger partial charge on any atom is -0.399 e. The Morgan fingerprint density at radius 1 is 0.947 bits per heavy atom. The van der Waals surface area contributed by atoms with Crippen LogP contribution in [0.5, 0.6) is 0 Å². The highest BCUT2D eigenvalue weighted by Crippen LogP contribution is 2.39. The van der Waals surface area contributed by atoms with Crippen molar-refractivity contribution in [3.05, 3.63) is 100.0 Å². The molecular weight excluding hydrogens is 480 g/mol. The quantitative estimate of drug-likeness (QED) is 0.332. The lowest BCUT2D eigenvalue weighted by Crippen LogP contribution is -2.43. The maximum atomic E-state index is 12.7. The molecule has 2 aliphatic heterocycles. The molecule has 4 N–H and O–H groups in total. The number of ether oxygens (including phenoxy) is 2. The minimum atomic E-state index is -0.512. The minimum absolute atomic E-state index is 0.0179. The van der Waals surface area contributed by atoms with E-state index in [0.29, 0.717) is 5.69 Å². The highest BCUT2D eigenvalue weighted by Gasteiger charge is 2.34. The summed E-state index contributed by atoms with van der Waals surface area (Å²) in [5, 5.41) is 9.44. The molecule has 8 nitrogen and oxygen atoms in total. The Hall–Kier alpha value is -3.43. The number of piperidine rings is 1. The first kappa shape index (κ1) is 24.9. The van der Waals surface area contributed by atoms with E-state index in [1.165, 1.54) is 0 Å². The maximum absolute atomic E-state index is 12.7. The number of nitrogens with two attached hydrogens (primary N) is 1. The number of fused-ring (bicyclic) bond motifs is 1. The van der Waals surface area contributed by atoms with Crippen LogP contribution < -0.4 is 11.4 Å². The molecule has 3 aromatic carbocycles. The van der Waals surface area contributed by atoms with E-state index in [-0.39, 0.29) is 30.5 Å². The molecule has 3 heterocycles. The van der Waals surface area contributed by atoms with Crippen molar-refractivity contribution < 1.29 is 14.6 Å². The second-order valence-electron chi connectivity index (χ2n) is 10.4. The van der Waals surface area contributed by atoms with Crippen LogP contribution in [0.3, 0.4) is 0 Å². The van der Waals surface area contributed by atoms with Crippen molar-refractivity contribution in [3.8, 4) is 0 Å². The summed E-state index contributed by atoms with van der Waals surface area (Å²) >= 11 is 0. The number of aliphatic hydroxyl groups is 1. The van der Waals surface area contributed by atoms with E-state index in [2.05, 4.69) is 9.88 Å². The van der Waals surface area contributed by atoms with E-state index in [4.69, 9.17) is 15.2 Å². The lowest BCUT2D eigenvalue weighted by Gasteiger charge is -2.40. The second-order valence-corrected chi connectivity index (χ2v) is 10.4. The fourth-order valence-corrected chi connectivity index (χ4v) is 5.82. The number of hydrogen-bond acceptors (Lipinski definition) is 6. The van der Waals surface area contributed by atoms with Crippen molar-refractivity contribution in [3.63, 3.8) is 0 Å². The van der Waals surface area contributed by atoms with E-state index < -0.39 is 6.29 Å². The van der Waals surface area contributed by atoms with E-state index in [1.54, 1.807) is 0 Å². The predicted octanol–water partition coefficient (Wildman–Crippen LogP) is 4.29. The summed E-state index contributed by atoms with van der Waals surface area (Å²) < 4.78 is 14.8. The standard InChI is InChI=1S/C30H34N4O4/c31-23-5-3-4-22(16-23)29-37-25(17-28(38-29)21-10-8-20(19-35)9-11-21)18-33-14-12-24(13-15-33)34-27-7-2-1-6-26(27)32-30(34)36/h1-11,16,24-25,28-29,35H,12-15,17-19,31H2,(H,32,36)/t25-,28+,29?/m0/s1. The fraction of sp³-hybridized carbons (Fsp3) is 0.367. The molecule has 198 valence electrons. The lowest BCUT2D eigenvalue weighted by atomic mass is 9.98. The van der Waals surface area contributed by atoms with Gasteiger partial charge in [0.25, 0.3) is 0 Å². The number of aromatic nitrogens is 2. The van der Waals surface area contributed by atoms with Gasteiger partial charge in [0.1, 0.15) is 0 Å². The Balaban J connectivity index is 1.16. The van der Waals surface area contributed by atoms with Crippen molar-refractivity contribution in [1.29, 1.82) is 0 Å². The third-order valence-electron chi connectivity index (χ3n) is 7.81. The van der Waals surface area contributed by atoms with E-state index in [0.717, 1.165) is 66.6 Å². The van der Waals surface area contributed by atoms with E-state index >= 15 is 0 Å². The first-order valence-electron chi connectivity index (χ1n) is 13.3. The van der Waals surface area contributed by atoms with Gasteiger partial charge >= 0.3 is 5.69 Å². The Bertz CT molecular complexity index is 1440. The van der Waals surface area contributed by atoms with Crippen molar-refractivity contribution in [2.45, 2.75) is 50.4 Å². The van der Waals surface area contributed by atoms with E-state index in [1.807, 2.05) is 77.4 Å². The third-order valence-corrected chi connectivity index (χ3v) is 7.81. The number of anilines is 1. The summed E-state index contributed by atoms with van der Waals surface area (Å²) in [4.78, 5) is 18.1. The molecule has 0 radical (unpaired) electrons. The predicted molar refractivity (Wildman–Crippen MR) is 147 cm³/mol. The van der Waals surface area contributed by atoms with Gasteiger partial charge in [-0.2, -0.15) is 0 Å². The van der Waals surface area contributed by atoms with Crippen molar-refractivity contribution in [1.82, 2.24) is 14.5 Å². The SMILES string of the molecule is Nc1cccc(C2O[C@H](CN3CCC(n4c(=O)[nH]c5ccccc54)CC3)C[C@H](c3ccc(CO)cc3)O2)c1. The van der Waals surface area contributed by atoms with Crippen LogP contribution in [0.25, 0.3) is 11.0 Å². The van der Waals surface area contributed by atoms with Crippen molar-refractivity contribution >= 4 is 16.7 Å². The number of imidazole rings is 1. The highest BCUT2D eigenvalue weighted by atomic mass is 16.7. The molecule has 2 fully saturated rings. The second kappa shape index (κ2) is 10.7. The molecule has 2 saturated heterocycles. The van der Waals surface area contributed by atoms with Gasteiger partial charge in [0.15, 0.2) is 6.29 Å². The Morgan fingerprint density at radius 3 is 2.50 bits per heavy atom. The van der Waals surface area contributed by atoms with Crippen molar-refractivity contribution in [2.24, 2.45) is 0 Å². The summed E-state index contributed by atoms with van der Waals surface area (Å²) in [7, 11) is 0. The number of para-hydroxylation sites is 2. The molecule has 1 aromatic heterocycles.